The van der Waals surface area contributed by atoms with Crippen molar-refractivity contribution in [1.29, 1.82) is 0 Å². The molecule has 78 valence electrons. The van der Waals surface area contributed by atoms with Gasteiger partial charge in [0.2, 0.25) is 0 Å². The normalized spacial score (nSPS) is 12.7. The van der Waals surface area contributed by atoms with Crippen molar-refractivity contribution < 1.29 is 14.2 Å². The number of hydrogen-bond acceptors (Lipinski definition) is 2. The predicted molar refractivity (Wildman–Crippen MR) is 52.7 cm³/mol. The average molecular weight is 198 g/mol. The number of halogens is 1. The molecule has 0 spiro atoms. The number of rotatable bonds is 6. The van der Waals surface area contributed by atoms with E-state index >= 15 is 0 Å². The summed E-state index contributed by atoms with van der Waals surface area (Å²) in [6, 6.07) is 9.72. The van der Waals surface area contributed by atoms with Gasteiger partial charge in [-0.3, -0.25) is 0 Å². The van der Waals surface area contributed by atoms with E-state index in [1.807, 2.05) is 30.3 Å². The van der Waals surface area contributed by atoms with Crippen LogP contribution in [0.3, 0.4) is 0 Å². The van der Waals surface area contributed by atoms with Crippen LogP contribution >= 0.6 is 0 Å². The third-order valence-electron chi connectivity index (χ3n) is 1.89. The Morgan fingerprint density at radius 1 is 1.29 bits per heavy atom. The molecule has 0 fully saturated rings. The molecule has 0 heterocycles. The van der Waals surface area contributed by atoms with Gasteiger partial charge >= 0.3 is 0 Å². The lowest BCUT2D eigenvalue weighted by Crippen LogP contribution is -2.09. The molecule has 1 aromatic carbocycles. The zero-order chi connectivity index (χ0) is 10.2. The number of aliphatic hydroxyl groups is 1. The summed E-state index contributed by atoms with van der Waals surface area (Å²) in [5.41, 5.74) is 1.08. The van der Waals surface area contributed by atoms with Crippen LogP contribution in [0.25, 0.3) is 0 Å². The Morgan fingerprint density at radius 2 is 2.00 bits per heavy atom. The van der Waals surface area contributed by atoms with E-state index in [2.05, 4.69) is 0 Å². The summed E-state index contributed by atoms with van der Waals surface area (Å²) in [5, 5.41) is 8.42. The Morgan fingerprint density at radius 3 is 2.64 bits per heavy atom. The summed E-state index contributed by atoms with van der Waals surface area (Å²) < 4.78 is 17.8. The smallest absolute Gasteiger partial charge is 0.125 e. The fraction of sp³-hybridized carbons (Fsp3) is 0.455. The third-order valence-corrected chi connectivity index (χ3v) is 1.89. The van der Waals surface area contributed by atoms with Crippen LogP contribution in [0.1, 0.15) is 12.0 Å². The van der Waals surface area contributed by atoms with Crippen molar-refractivity contribution in [2.45, 2.75) is 19.2 Å². The Bertz CT molecular complexity index is 238. The monoisotopic (exact) mass is 198 g/mol. The van der Waals surface area contributed by atoms with E-state index < -0.39 is 12.8 Å². The highest BCUT2D eigenvalue weighted by atomic mass is 19.1. The topological polar surface area (TPSA) is 29.5 Å². The first-order chi connectivity index (χ1) is 6.83. The van der Waals surface area contributed by atoms with Gasteiger partial charge in [-0.25, -0.2) is 4.39 Å². The highest BCUT2D eigenvalue weighted by Gasteiger charge is 2.03. The first kappa shape index (κ1) is 11.1. The number of alkyl halides is 1. The molecule has 0 saturated heterocycles. The highest BCUT2D eigenvalue weighted by molar-refractivity contribution is 5.13. The molecule has 0 aliphatic rings. The van der Waals surface area contributed by atoms with Crippen molar-refractivity contribution >= 4 is 0 Å². The minimum absolute atomic E-state index is 0.253. The molecule has 1 unspecified atom stereocenters. The van der Waals surface area contributed by atoms with Crippen LogP contribution in [-0.2, 0) is 11.3 Å². The third kappa shape index (κ3) is 4.35. The van der Waals surface area contributed by atoms with Crippen LogP contribution in [0.5, 0.6) is 0 Å². The van der Waals surface area contributed by atoms with Gasteiger partial charge in [0.25, 0.3) is 0 Å². The molecular weight excluding hydrogens is 183 g/mol. The molecule has 0 aliphatic carbocycles. The van der Waals surface area contributed by atoms with Gasteiger partial charge < -0.3 is 9.84 Å². The van der Waals surface area contributed by atoms with Crippen molar-refractivity contribution in [2.24, 2.45) is 0 Å². The standard InChI is InChI=1S/C11H15FO2/c12-11(8-13)6-7-14-9-10-4-2-1-3-5-10/h1-5,11,13H,6-9H2. The van der Waals surface area contributed by atoms with Gasteiger partial charge in [-0.05, 0) is 5.56 Å². The lowest BCUT2D eigenvalue weighted by molar-refractivity contribution is 0.0825. The predicted octanol–water partition coefficient (Wildman–Crippen LogP) is 1.92. The summed E-state index contributed by atoms with van der Waals surface area (Å²) in [5.74, 6) is 0. The molecule has 0 amide bonds. The SMILES string of the molecule is OCC(F)CCOCc1ccccc1. The van der Waals surface area contributed by atoms with Gasteiger partial charge in [-0.1, -0.05) is 30.3 Å². The van der Waals surface area contributed by atoms with Crippen LogP contribution in [0, 0.1) is 0 Å². The largest absolute Gasteiger partial charge is 0.393 e. The number of aliphatic hydroxyl groups excluding tert-OH is 1. The first-order valence-corrected chi connectivity index (χ1v) is 4.69. The minimum Gasteiger partial charge on any atom is -0.393 e. The molecule has 0 bridgehead atoms. The van der Waals surface area contributed by atoms with E-state index in [0.717, 1.165) is 5.56 Å². The summed E-state index contributed by atoms with van der Waals surface area (Å²) in [6.07, 6.45) is -0.908. The number of hydrogen-bond donors (Lipinski definition) is 1. The Hall–Kier alpha value is -0.930. The van der Waals surface area contributed by atoms with Gasteiger partial charge in [0.05, 0.1) is 13.2 Å². The first-order valence-electron chi connectivity index (χ1n) is 4.69. The second kappa shape index (κ2) is 6.51. The van der Waals surface area contributed by atoms with E-state index in [9.17, 15) is 4.39 Å². The summed E-state index contributed by atoms with van der Waals surface area (Å²) in [6.45, 7) is 0.421. The fourth-order valence-electron chi connectivity index (χ4n) is 1.07. The Kier molecular flexibility index (Phi) is 5.19. The quantitative estimate of drug-likeness (QED) is 0.708. The van der Waals surface area contributed by atoms with E-state index in [4.69, 9.17) is 9.84 Å². The fourth-order valence-corrected chi connectivity index (χ4v) is 1.07. The van der Waals surface area contributed by atoms with Crippen molar-refractivity contribution in [3.63, 3.8) is 0 Å². The second-order valence-corrected chi connectivity index (χ2v) is 3.11. The van der Waals surface area contributed by atoms with E-state index in [-0.39, 0.29) is 6.42 Å². The Balaban J connectivity index is 2.10. The molecular formula is C11H15FO2. The van der Waals surface area contributed by atoms with Crippen molar-refractivity contribution in [3.8, 4) is 0 Å². The molecule has 0 aliphatic heterocycles. The van der Waals surface area contributed by atoms with E-state index in [0.29, 0.717) is 13.2 Å². The van der Waals surface area contributed by atoms with Gasteiger partial charge in [-0.15, -0.1) is 0 Å². The molecule has 2 nitrogen and oxygen atoms in total. The number of benzene rings is 1. The number of ether oxygens (including phenoxy) is 1. The molecule has 1 rings (SSSR count). The zero-order valence-electron chi connectivity index (χ0n) is 8.03. The summed E-state index contributed by atoms with van der Waals surface area (Å²) in [7, 11) is 0. The van der Waals surface area contributed by atoms with Crippen LogP contribution in [0.4, 0.5) is 4.39 Å². The summed E-state index contributed by atoms with van der Waals surface area (Å²) in [4.78, 5) is 0. The molecule has 1 atom stereocenters. The summed E-state index contributed by atoms with van der Waals surface area (Å²) >= 11 is 0. The van der Waals surface area contributed by atoms with Crippen molar-refractivity contribution in [3.05, 3.63) is 35.9 Å². The van der Waals surface area contributed by atoms with Crippen molar-refractivity contribution in [1.82, 2.24) is 0 Å². The highest BCUT2D eigenvalue weighted by Crippen LogP contribution is 2.02. The van der Waals surface area contributed by atoms with Crippen LogP contribution < -0.4 is 0 Å². The maximum Gasteiger partial charge on any atom is 0.125 e. The van der Waals surface area contributed by atoms with Gasteiger partial charge in [0, 0.05) is 13.0 Å². The van der Waals surface area contributed by atoms with Crippen LogP contribution in [-0.4, -0.2) is 24.5 Å². The van der Waals surface area contributed by atoms with Gasteiger partial charge in [0.15, 0.2) is 0 Å². The molecule has 1 N–H and O–H groups in total. The lowest BCUT2D eigenvalue weighted by Gasteiger charge is -2.05. The average Bonchev–Trinajstić information content (AvgIpc) is 2.25. The molecule has 1 aromatic rings. The van der Waals surface area contributed by atoms with Crippen LogP contribution in [0.15, 0.2) is 30.3 Å². The maximum absolute atomic E-state index is 12.5. The molecule has 0 radical (unpaired) electrons. The maximum atomic E-state index is 12.5. The molecule has 3 heteroatoms. The lowest BCUT2D eigenvalue weighted by atomic mass is 10.2. The van der Waals surface area contributed by atoms with E-state index in [1.165, 1.54) is 0 Å². The van der Waals surface area contributed by atoms with Crippen molar-refractivity contribution in [2.75, 3.05) is 13.2 Å². The Labute approximate surface area is 83.3 Å². The van der Waals surface area contributed by atoms with E-state index in [1.54, 1.807) is 0 Å². The van der Waals surface area contributed by atoms with Gasteiger partial charge in [0.1, 0.15) is 6.17 Å². The van der Waals surface area contributed by atoms with Gasteiger partial charge in [-0.2, -0.15) is 0 Å². The molecule has 0 aromatic heterocycles. The molecule has 0 saturated carbocycles. The molecule has 14 heavy (non-hydrogen) atoms. The second-order valence-electron chi connectivity index (χ2n) is 3.11. The minimum atomic E-state index is -1.16. The van der Waals surface area contributed by atoms with Crippen LogP contribution in [0.2, 0.25) is 0 Å². The zero-order valence-corrected chi connectivity index (χ0v) is 8.03.